The molecule has 0 unspecified atom stereocenters. The molecule has 0 atom stereocenters. The summed E-state index contributed by atoms with van der Waals surface area (Å²) in [4.78, 5) is 13.1. The van der Waals surface area contributed by atoms with Gasteiger partial charge in [-0.15, -0.1) is 0 Å². The van der Waals surface area contributed by atoms with E-state index in [9.17, 15) is 4.79 Å². The highest BCUT2D eigenvalue weighted by atomic mass is 16.5. The second kappa shape index (κ2) is 6.99. The summed E-state index contributed by atoms with van der Waals surface area (Å²) in [7, 11) is 1.69. The van der Waals surface area contributed by atoms with Crippen LogP contribution in [0.25, 0.3) is 0 Å². The van der Waals surface area contributed by atoms with Crippen LogP contribution in [0, 0.1) is 0 Å². The number of carbonyl (C=O) groups is 1. The van der Waals surface area contributed by atoms with Crippen LogP contribution in [0.4, 0.5) is 4.79 Å². The Labute approximate surface area is 113 Å². The minimum Gasteiger partial charge on any atom is -0.496 e. The molecule has 2 amide bonds. The van der Waals surface area contributed by atoms with Crippen molar-refractivity contribution in [2.24, 2.45) is 0 Å². The number of rotatable bonds is 7. The highest BCUT2D eigenvalue weighted by Crippen LogP contribution is 2.17. The molecule has 0 spiro atoms. The lowest BCUT2D eigenvalue weighted by Crippen LogP contribution is -2.35. The van der Waals surface area contributed by atoms with Crippen molar-refractivity contribution in [3.8, 4) is 5.75 Å². The van der Waals surface area contributed by atoms with Gasteiger partial charge in [0.25, 0.3) is 0 Å². The summed E-state index contributed by atoms with van der Waals surface area (Å²) in [5, 5.41) is 6.15. The Bertz CT molecular complexity index is 423. The van der Waals surface area contributed by atoms with Crippen molar-refractivity contribution in [3.63, 3.8) is 0 Å². The first-order valence-electron chi connectivity index (χ1n) is 6.66. The fraction of sp³-hybridized carbons (Fsp3) is 0.500. The molecule has 1 aliphatic rings. The third kappa shape index (κ3) is 3.86. The van der Waals surface area contributed by atoms with E-state index in [1.807, 2.05) is 23.1 Å². The molecule has 1 aromatic rings. The molecule has 1 aliphatic heterocycles. The van der Waals surface area contributed by atoms with E-state index in [1.165, 1.54) is 5.56 Å². The lowest BCUT2D eigenvalue weighted by atomic mass is 10.1. The standard InChI is InChI=1S/C14H21N3O2/c1-19-13-5-3-2-4-12(13)6-7-15-8-10-17-11-9-16-14(17)18/h2-5,15H,6-11H2,1H3,(H,16,18). The predicted molar refractivity (Wildman–Crippen MR) is 74.5 cm³/mol. The number of ether oxygens (including phenoxy) is 1. The number of hydrogen-bond acceptors (Lipinski definition) is 3. The summed E-state index contributed by atoms with van der Waals surface area (Å²) < 4.78 is 5.31. The second-order valence-corrected chi connectivity index (χ2v) is 4.53. The number of benzene rings is 1. The zero-order valence-electron chi connectivity index (χ0n) is 11.3. The number of amides is 2. The van der Waals surface area contributed by atoms with Gasteiger partial charge in [0.05, 0.1) is 7.11 Å². The number of carbonyl (C=O) groups excluding carboxylic acids is 1. The van der Waals surface area contributed by atoms with Crippen LogP contribution in [0.2, 0.25) is 0 Å². The monoisotopic (exact) mass is 263 g/mol. The summed E-state index contributed by atoms with van der Waals surface area (Å²) in [5.74, 6) is 0.934. The maximum atomic E-state index is 11.3. The van der Waals surface area contributed by atoms with Crippen LogP contribution < -0.4 is 15.4 Å². The summed E-state index contributed by atoms with van der Waals surface area (Å²) in [6, 6.07) is 8.10. The van der Waals surface area contributed by atoms with E-state index in [0.29, 0.717) is 0 Å². The maximum Gasteiger partial charge on any atom is 0.317 e. The number of hydrogen-bond donors (Lipinski definition) is 2. The molecule has 2 rings (SSSR count). The van der Waals surface area contributed by atoms with Crippen molar-refractivity contribution in [2.45, 2.75) is 6.42 Å². The Morgan fingerprint density at radius 1 is 1.37 bits per heavy atom. The van der Waals surface area contributed by atoms with Gasteiger partial charge in [-0.1, -0.05) is 18.2 Å². The summed E-state index contributed by atoms with van der Waals surface area (Å²) in [6.45, 7) is 4.04. The molecule has 1 saturated heterocycles. The van der Waals surface area contributed by atoms with Gasteiger partial charge in [0.1, 0.15) is 5.75 Å². The van der Waals surface area contributed by atoms with Crippen LogP contribution in [0.15, 0.2) is 24.3 Å². The van der Waals surface area contributed by atoms with E-state index in [-0.39, 0.29) is 6.03 Å². The first-order valence-corrected chi connectivity index (χ1v) is 6.66. The zero-order valence-corrected chi connectivity index (χ0v) is 11.3. The van der Waals surface area contributed by atoms with Crippen LogP contribution in [-0.4, -0.2) is 50.8 Å². The molecule has 104 valence electrons. The van der Waals surface area contributed by atoms with E-state index in [2.05, 4.69) is 16.7 Å². The molecule has 0 bridgehead atoms. The molecule has 1 heterocycles. The molecular formula is C14H21N3O2. The van der Waals surface area contributed by atoms with Crippen LogP contribution in [0.1, 0.15) is 5.56 Å². The van der Waals surface area contributed by atoms with Gasteiger partial charge in [0.15, 0.2) is 0 Å². The van der Waals surface area contributed by atoms with Crippen molar-refractivity contribution >= 4 is 6.03 Å². The summed E-state index contributed by atoms with van der Waals surface area (Å²) in [6.07, 6.45) is 0.927. The molecule has 0 aromatic heterocycles. The highest BCUT2D eigenvalue weighted by Gasteiger charge is 2.17. The quantitative estimate of drug-likeness (QED) is 0.717. The molecule has 2 N–H and O–H groups in total. The third-order valence-corrected chi connectivity index (χ3v) is 3.27. The van der Waals surface area contributed by atoms with Gasteiger partial charge >= 0.3 is 6.03 Å². The molecule has 5 heteroatoms. The molecule has 0 saturated carbocycles. The Morgan fingerprint density at radius 3 is 2.95 bits per heavy atom. The molecular weight excluding hydrogens is 242 g/mol. The first-order chi connectivity index (χ1) is 9.31. The van der Waals surface area contributed by atoms with Crippen molar-refractivity contribution < 1.29 is 9.53 Å². The lowest BCUT2D eigenvalue weighted by Gasteiger charge is -2.14. The minimum absolute atomic E-state index is 0.0477. The van der Waals surface area contributed by atoms with Gasteiger partial charge in [0.2, 0.25) is 0 Å². The van der Waals surface area contributed by atoms with Gasteiger partial charge in [-0.3, -0.25) is 0 Å². The van der Waals surface area contributed by atoms with Gasteiger partial charge in [-0.25, -0.2) is 4.79 Å². The SMILES string of the molecule is COc1ccccc1CCNCCN1CCNC1=O. The Kier molecular flexibility index (Phi) is 5.03. The normalized spacial score (nSPS) is 14.6. The van der Waals surface area contributed by atoms with E-state index in [4.69, 9.17) is 4.74 Å². The van der Waals surface area contributed by atoms with Gasteiger partial charge in [-0.05, 0) is 24.6 Å². The van der Waals surface area contributed by atoms with E-state index in [1.54, 1.807) is 7.11 Å². The number of methoxy groups -OCH3 is 1. The van der Waals surface area contributed by atoms with Crippen LogP contribution in [-0.2, 0) is 6.42 Å². The molecule has 1 fully saturated rings. The van der Waals surface area contributed by atoms with Crippen LogP contribution >= 0.6 is 0 Å². The van der Waals surface area contributed by atoms with Gasteiger partial charge in [0, 0.05) is 26.2 Å². The van der Waals surface area contributed by atoms with Crippen molar-refractivity contribution in [1.82, 2.24) is 15.5 Å². The Hall–Kier alpha value is -1.75. The zero-order chi connectivity index (χ0) is 13.5. The average Bonchev–Trinajstić information content (AvgIpc) is 2.84. The fourth-order valence-corrected chi connectivity index (χ4v) is 2.20. The van der Waals surface area contributed by atoms with E-state index >= 15 is 0 Å². The Morgan fingerprint density at radius 2 is 2.21 bits per heavy atom. The number of para-hydroxylation sites is 1. The van der Waals surface area contributed by atoms with E-state index in [0.717, 1.165) is 44.9 Å². The number of urea groups is 1. The lowest BCUT2D eigenvalue weighted by molar-refractivity contribution is 0.217. The predicted octanol–water partition coefficient (Wildman–Crippen LogP) is 0.852. The Balaban J connectivity index is 1.65. The largest absolute Gasteiger partial charge is 0.496 e. The van der Waals surface area contributed by atoms with E-state index < -0.39 is 0 Å². The first kappa shape index (κ1) is 13.7. The van der Waals surface area contributed by atoms with Crippen LogP contribution in [0.3, 0.4) is 0 Å². The average molecular weight is 263 g/mol. The van der Waals surface area contributed by atoms with Crippen molar-refractivity contribution in [3.05, 3.63) is 29.8 Å². The molecule has 0 radical (unpaired) electrons. The third-order valence-electron chi connectivity index (χ3n) is 3.27. The van der Waals surface area contributed by atoms with Gasteiger partial charge < -0.3 is 20.3 Å². The smallest absolute Gasteiger partial charge is 0.317 e. The highest BCUT2D eigenvalue weighted by molar-refractivity contribution is 5.76. The minimum atomic E-state index is 0.0477. The second-order valence-electron chi connectivity index (χ2n) is 4.53. The van der Waals surface area contributed by atoms with Crippen molar-refractivity contribution in [1.29, 1.82) is 0 Å². The van der Waals surface area contributed by atoms with Crippen molar-refractivity contribution in [2.75, 3.05) is 39.8 Å². The summed E-state index contributed by atoms with van der Waals surface area (Å²) >= 11 is 0. The molecule has 0 aliphatic carbocycles. The van der Waals surface area contributed by atoms with Gasteiger partial charge in [-0.2, -0.15) is 0 Å². The molecule has 1 aromatic carbocycles. The topological polar surface area (TPSA) is 53.6 Å². The molecule has 5 nitrogen and oxygen atoms in total. The van der Waals surface area contributed by atoms with Crippen LogP contribution in [0.5, 0.6) is 5.75 Å². The maximum absolute atomic E-state index is 11.3. The number of nitrogens with zero attached hydrogens (tertiary/aromatic N) is 1. The fourth-order valence-electron chi connectivity index (χ4n) is 2.20. The summed E-state index contributed by atoms with van der Waals surface area (Å²) in [5.41, 5.74) is 1.21. The number of nitrogens with one attached hydrogen (secondary N) is 2. The molecule has 19 heavy (non-hydrogen) atoms.